The maximum atomic E-state index is 6.12. The third-order valence-corrected chi connectivity index (χ3v) is 3.85. The molecule has 1 aliphatic carbocycles. The Morgan fingerprint density at radius 1 is 1.29 bits per heavy atom. The Labute approximate surface area is 93.6 Å². The summed E-state index contributed by atoms with van der Waals surface area (Å²) in [7, 11) is 0. The molecule has 1 unspecified atom stereocenters. The van der Waals surface area contributed by atoms with Gasteiger partial charge in [-0.2, -0.15) is 0 Å². The number of nitrogens with one attached hydrogen (secondary N) is 1. The van der Waals surface area contributed by atoms with E-state index in [2.05, 4.69) is 19.2 Å². The zero-order chi connectivity index (χ0) is 10.4. The Balaban J connectivity index is 2.42. The Hall–Kier alpha value is 0.250. The van der Waals surface area contributed by atoms with Gasteiger partial charge in [-0.1, -0.05) is 32.6 Å². The molecule has 0 amide bonds. The minimum Gasteiger partial charge on any atom is -0.308 e. The second-order valence-electron chi connectivity index (χ2n) is 4.81. The van der Waals surface area contributed by atoms with Gasteiger partial charge in [-0.3, -0.25) is 0 Å². The van der Waals surface area contributed by atoms with Crippen molar-refractivity contribution >= 4 is 11.6 Å². The summed E-state index contributed by atoms with van der Waals surface area (Å²) in [5.74, 6) is 0.779. The average molecular weight is 218 g/mol. The molecule has 1 atom stereocenters. The highest BCUT2D eigenvalue weighted by atomic mass is 35.5. The molecule has 1 rings (SSSR count). The van der Waals surface area contributed by atoms with Crippen LogP contribution < -0.4 is 5.32 Å². The van der Waals surface area contributed by atoms with Gasteiger partial charge in [-0.25, -0.2) is 0 Å². The molecule has 0 aromatic carbocycles. The van der Waals surface area contributed by atoms with E-state index in [1.165, 1.54) is 44.9 Å². The van der Waals surface area contributed by atoms with Gasteiger partial charge in [-0.05, 0) is 26.2 Å². The van der Waals surface area contributed by atoms with Crippen LogP contribution in [0.4, 0.5) is 0 Å². The minimum atomic E-state index is 0.258. The van der Waals surface area contributed by atoms with Gasteiger partial charge in [-0.15, -0.1) is 11.6 Å². The van der Waals surface area contributed by atoms with Gasteiger partial charge in [0, 0.05) is 17.5 Å². The molecule has 1 saturated carbocycles. The number of hydrogen-bond donors (Lipinski definition) is 1. The molecule has 0 bridgehead atoms. The van der Waals surface area contributed by atoms with E-state index in [0.29, 0.717) is 6.04 Å². The summed E-state index contributed by atoms with van der Waals surface area (Å²) in [6, 6.07) is 0.622. The highest BCUT2D eigenvalue weighted by molar-refractivity contribution is 6.18. The lowest BCUT2D eigenvalue weighted by atomic mass is 9.82. The normalized spacial score (nSPS) is 23.4. The number of alkyl halides is 1. The van der Waals surface area contributed by atoms with E-state index in [9.17, 15) is 0 Å². The van der Waals surface area contributed by atoms with Crippen LogP contribution in [0.1, 0.15) is 58.8 Å². The number of halogens is 1. The smallest absolute Gasteiger partial charge is 0.0406 e. The zero-order valence-corrected chi connectivity index (χ0v) is 10.4. The second kappa shape index (κ2) is 5.97. The van der Waals surface area contributed by atoms with Crippen molar-refractivity contribution in [2.75, 3.05) is 5.88 Å². The second-order valence-corrected chi connectivity index (χ2v) is 5.08. The molecular weight excluding hydrogens is 194 g/mol. The zero-order valence-electron chi connectivity index (χ0n) is 9.61. The SMILES string of the molecule is CCCC(C)NC1(CCl)CCCCC1. The van der Waals surface area contributed by atoms with Gasteiger partial charge in [0.15, 0.2) is 0 Å². The molecule has 1 aliphatic rings. The minimum absolute atomic E-state index is 0.258. The largest absolute Gasteiger partial charge is 0.308 e. The maximum Gasteiger partial charge on any atom is 0.0406 e. The van der Waals surface area contributed by atoms with Gasteiger partial charge in [0.2, 0.25) is 0 Å². The standard InChI is InChI=1S/C12H24ClN/c1-3-7-11(2)14-12(10-13)8-5-4-6-9-12/h11,14H,3-10H2,1-2H3. The van der Waals surface area contributed by atoms with Crippen molar-refractivity contribution in [2.24, 2.45) is 0 Å². The van der Waals surface area contributed by atoms with Crippen LogP contribution in [0.15, 0.2) is 0 Å². The summed E-state index contributed by atoms with van der Waals surface area (Å²) in [6.07, 6.45) is 9.14. The van der Waals surface area contributed by atoms with Crippen molar-refractivity contribution in [3.05, 3.63) is 0 Å². The molecule has 0 radical (unpaired) electrons. The molecule has 0 aromatic rings. The van der Waals surface area contributed by atoms with E-state index in [1.807, 2.05) is 0 Å². The first-order valence-electron chi connectivity index (χ1n) is 6.06. The highest BCUT2D eigenvalue weighted by Gasteiger charge is 2.31. The van der Waals surface area contributed by atoms with E-state index in [1.54, 1.807) is 0 Å². The summed E-state index contributed by atoms with van der Waals surface area (Å²) >= 11 is 6.12. The van der Waals surface area contributed by atoms with Gasteiger partial charge < -0.3 is 5.32 Å². The molecule has 0 aromatic heterocycles. The van der Waals surface area contributed by atoms with Gasteiger partial charge in [0.05, 0.1) is 0 Å². The van der Waals surface area contributed by atoms with Crippen LogP contribution >= 0.6 is 11.6 Å². The van der Waals surface area contributed by atoms with E-state index in [4.69, 9.17) is 11.6 Å². The molecule has 2 heteroatoms. The Morgan fingerprint density at radius 3 is 2.43 bits per heavy atom. The van der Waals surface area contributed by atoms with Crippen molar-refractivity contribution in [1.29, 1.82) is 0 Å². The molecule has 0 saturated heterocycles. The monoisotopic (exact) mass is 217 g/mol. The van der Waals surface area contributed by atoms with Crippen molar-refractivity contribution in [3.63, 3.8) is 0 Å². The highest BCUT2D eigenvalue weighted by Crippen LogP contribution is 2.30. The van der Waals surface area contributed by atoms with Crippen LogP contribution in [0.25, 0.3) is 0 Å². The summed E-state index contributed by atoms with van der Waals surface area (Å²) < 4.78 is 0. The van der Waals surface area contributed by atoms with E-state index < -0.39 is 0 Å². The molecule has 14 heavy (non-hydrogen) atoms. The fourth-order valence-electron chi connectivity index (χ4n) is 2.57. The lowest BCUT2D eigenvalue weighted by Crippen LogP contribution is -2.52. The summed E-state index contributed by atoms with van der Waals surface area (Å²) in [6.45, 7) is 4.53. The van der Waals surface area contributed by atoms with Crippen molar-refractivity contribution in [2.45, 2.75) is 70.4 Å². The van der Waals surface area contributed by atoms with E-state index in [-0.39, 0.29) is 5.54 Å². The lowest BCUT2D eigenvalue weighted by Gasteiger charge is -2.39. The van der Waals surface area contributed by atoms with Crippen LogP contribution in [0.2, 0.25) is 0 Å². The quantitative estimate of drug-likeness (QED) is 0.693. The van der Waals surface area contributed by atoms with Crippen LogP contribution in [-0.4, -0.2) is 17.5 Å². The van der Waals surface area contributed by atoms with Crippen LogP contribution in [-0.2, 0) is 0 Å². The average Bonchev–Trinajstić information content (AvgIpc) is 2.19. The number of hydrogen-bond acceptors (Lipinski definition) is 1. The predicted octanol–water partition coefficient (Wildman–Crippen LogP) is 3.71. The summed E-state index contributed by atoms with van der Waals surface area (Å²) in [5, 5.41) is 3.75. The van der Waals surface area contributed by atoms with Crippen LogP contribution in [0.3, 0.4) is 0 Å². The molecule has 0 aliphatic heterocycles. The third kappa shape index (κ3) is 3.43. The molecule has 84 valence electrons. The van der Waals surface area contributed by atoms with Crippen molar-refractivity contribution in [1.82, 2.24) is 5.32 Å². The lowest BCUT2D eigenvalue weighted by molar-refractivity contribution is 0.232. The van der Waals surface area contributed by atoms with Crippen molar-refractivity contribution in [3.8, 4) is 0 Å². The maximum absolute atomic E-state index is 6.12. The predicted molar refractivity (Wildman–Crippen MR) is 64.0 cm³/mol. The molecule has 0 spiro atoms. The van der Waals surface area contributed by atoms with Crippen LogP contribution in [0.5, 0.6) is 0 Å². The fourth-order valence-corrected chi connectivity index (χ4v) is 2.92. The Bertz CT molecular complexity index is 152. The third-order valence-electron chi connectivity index (χ3n) is 3.34. The first kappa shape index (κ1) is 12.3. The molecule has 1 fully saturated rings. The summed E-state index contributed by atoms with van der Waals surface area (Å²) in [4.78, 5) is 0. The fraction of sp³-hybridized carbons (Fsp3) is 1.00. The van der Waals surface area contributed by atoms with E-state index in [0.717, 1.165) is 5.88 Å². The topological polar surface area (TPSA) is 12.0 Å². The first-order chi connectivity index (χ1) is 6.72. The molecular formula is C12H24ClN. The first-order valence-corrected chi connectivity index (χ1v) is 6.59. The Morgan fingerprint density at radius 2 is 1.93 bits per heavy atom. The number of rotatable bonds is 5. The molecule has 1 nitrogen and oxygen atoms in total. The van der Waals surface area contributed by atoms with Crippen molar-refractivity contribution < 1.29 is 0 Å². The summed E-state index contributed by atoms with van der Waals surface area (Å²) in [5.41, 5.74) is 0.258. The van der Waals surface area contributed by atoms with Gasteiger partial charge in [0.25, 0.3) is 0 Å². The van der Waals surface area contributed by atoms with Crippen LogP contribution in [0, 0.1) is 0 Å². The molecule has 1 N–H and O–H groups in total. The Kier molecular flexibility index (Phi) is 5.25. The van der Waals surface area contributed by atoms with Gasteiger partial charge >= 0.3 is 0 Å². The van der Waals surface area contributed by atoms with E-state index >= 15 is 0 Å². The molecule has 0 heterocycles. The van der Waals surface area contributed by atoms with Gasteiger partial charge in [0.1, 0.15) is 0 Å².